The fourth-order valence-corrected chi connectivity index (χ4v) is 5.60. The average Bonchev–Trinajstić information content (AvgIpc) is 2.57. The van der Waals surface area contributed by atoms with E-state index in [0.717, 1.165) is 11.6 Å². The van der Waals surface area contributed by atoms with E-state index in [1.807, 2.05) is 6.92 Å². The topological polar surface area (TPSA) is 135 Å². The third-order valence-corrected chi connectivity index (χ3v) is 7.49. The molecule has 0 saturated carbocycles. The summed E-state index contributed by atoms with van der Waals surface area (Å²) in [7, 11) is -7.85. The van der Waals surface area contributed by atoms with Crippen LogP contribution in [0.5, 0.6) is 0 Å². The van der Waals surface area contributed by atoms with Crippen LogP contribution in [0.25, 0.3) is 0 Å². The normalized spacial score (nSPS) is 12.1. The van der Waals surface area contributed by atoms with E-state index in [2.05, 4.69) is 9.44 Å². The van der Waals surface area contributed by atoms with Crippen LogP contribution in [0.15, 0.2) is 40.1 Å². The van der Waals surface area contributed by atoms with E-state index in [1.54, 1.807) is 26.0 Å². The van der Waals surface area contributed by atoms with Gasteiger partial charge < -0.3 is 0 Å². The first-order chi connectivity index (χ1) is 13.3. The number of nitrogens with zero attached hydrogens (tertiary/aromatic N) is 1. The number of nitro benzene ring substituents is 1. The number of sulfonamides is 2. The third-order valence-electron chi connectivity index (χ3n) is 4.27. The van der Waals surface area contributed by atoms with Gasteiger partial charge in [0.25, 0.3) is 5.69 Å². The molecule has 0 atom stereocenters. The van der Waals surface area contributed by atoms with Gasteiger partial charge in [0.2, 0.25) is 20.0 Å². The van der Waals surface area contributed by atoms with Crippen molar-refractivity contribution in [3.8, 4) is 0 Å². The molecule has 0 amide bonds. The van der Waals surface area contributed by atoms with Crippen molar-refractivity contribution >= 4 is 25.7 Å². The minimum absolute atomic E-state index is 0.167. The van der Waals surface area contributed by atoms with E-state index in [0.29, 0.717) is 16.7 Å². The highest BCUT2D eigenvalue weighted by atomic mass is 32.2. The van der Waals surface area contributed by atoms with Crippen LogP contribution < -0.4 is 9.44 Å². The van der Waals surface area contributed by atoms with Gasteiger partial charge in [0.1, 0.15) is 0 Å². The molecule has 0 aliphatic heterocycles. The van der Waals surface area contributed by atoms with E-state index in [4.69, 9.17) is 0 Å². The second-order valence-corrected chi connectivity index (χ2v) is 10.2. The van der Waals surface area contributed by atoms with E-state index in [1.165, 1.54) is 19.1 Å². The van der Waals surface area contributed by atoms with Crippen LogP contribution in [0, 0.1) is 37.8 Å². The molecule has 0 radical (unpaired) electrons. The molecule has 2 N–H and O–H groups in total. The van der Waals surface area contributed by atoms with E-state index in [9.17, 15) is 26.9 Å². The quantitative estimate of drug-likeness (QED) is 0.366. The summed E-state index contributed by atoms with van der Waals surface area (Å²) in [6.07, 6.45) is 0. The SMILES string of the molecule is Cc1cc(C)c(S(=O)(=O)NCCNS(=O)(=O)c2ccc(C)c([N+](=O)[O-])c2)c(C)c1. The van der Waals surface area contributed by atoms with Crippen molar-refractivity contribution in [3.05, 3.63) is 62.7 Å². The molecule has 0 aliphatic rings. The smallest absolute Gasteiger partial charge is 0.258 e. The molecule has 0 saturated heterocycles. The molecule has 0 bridgehead atoms. The van der Waals surface area contributed by atoms with Crippen LogP contribution in [0.1, 0.15) is 22.3 Å². The third kappa shape index (κ3) is 5.38. The van der Waals surface area contributed by atoms with Gasteiger partial charge in [-0.3, -0.25) is 10.1 Å². The highest BCUT2D eigenvalue weighted by Crippen LogP contribution is 2.22. The second kappa shape index (κ2) is 8.57. The zero-order valence-electron chi connectivity index (χ0n) is 16.5. The van der Waals surface area contributed by atoms with Crippen LogP contribution >= 0.6 is 0 Å². The summed E-state index contributed by atoms with van der Waals surface area (Å²) in [5.74, 6) is 0. The van der Waals surface area contributed by atoms with Crippen molar-refractivity contribution in [2.75, 3.05) is 13.1 Å². The number of nitrogens with one attached hydrogen (secondary N) is 2. The molecule has 0 unspecified atom stereocenters. The highest BCUT2D eigenvalue weighted by molar-refractivity contribution is 7.90. The van der Waals surface area contributed by atoms with Crippen LogP contribution in [0.4, 0.5) is 5.69 Å². The summed E-state index contributed by atoms with van der Waals surface area (Å²) >= 11 is 0. The molecule has 0 heterocycles. The molecule has 0 aromatic heterocycles. The Morgan fingerprint density at radius 1 is 0.828 bits per heavy atom. The summed E-state index contributed by atoms with van der Waals surface area (Å²) in [5.41, 5.74) is 2.17. The van der Waals surface area contributed by atoms with Crippen molar-refractivity contribution in [1.82, 2.24) is 9.44 Å². The Morgan fingerprint density at radius 2 is 1.34 bits per heavy atom. The predicted octanol–water partition coefficient (Wildman–Crippen LogP) is 2.09. The first kappa shape index (κ1) is 22.9. The Labute approximate surface area is 170 Å². The maximum absolute atomic E-state index is 12.6. The largest absolute Gasteiger partial charge is 0.273 e. The number of hydrogen-bond acceptors (Lipinski definition) is 6. The molecule has 2 aromatic rings. The summed E-state index contributed by atoms with van der Waals surface area (Å²) in [6, 6.07) is 7.09. The highest BCUT2D eigenvalue weighted by Gasteiger charge is 2.21. The van der Waals surface area contributed by atoms with Crippen molar-refractivity contribution < 1.29 is 21.8 Å². The minimum Gasteiger partial charge on any atom is -0.258 e. The van der Waals surface area contributed by atoms with Crippen molar-refractivity contribution in [1.29, 1.82) is 0 Å². The van der Waals surface area contributed by atoms with E-state index in [-0.39, 0.29) is 28.6 Å². The van der Waals surface area contributed by atoms with Crippen molar-refractivity contribution in [2.24, 2.45) is 0 Å². The molecular formula is C18H23N3O6S2. The van der Waals surface area contributed by atoms with E-state index < -0.39 is 25.0 Å². The van der Waals surface area contributed by atoms with Gasteiger partial charge in [0.05, 0.1) is 14.7 Å². The Bertz CT molecular complexity index is 1140. The lowest BCUT2D eigenvalue weighted by molar-refractivity contribution is -0.385. The average molecular weight is 442 g/mol. The van der Waals surface area contributed by atoms with Crippen LogP contribution in [-0.4, -0.2) is 34.8 Å². The molecule has 29 heavy (non-hydrogen) atoms. The maximum Gasteiger partial charge on any atom is 0.273 e. The molecule has 0 spiro atoms. The van der Waals surface area contributed by atoms with Gasteiger partial charge in [-0.15, -0.1) is 0 Å². The zero-order chi connectivity index (χ0) is 22.0. The fraction of sp³-hybridized carbons (Fsp3) is 0.333. The Morgan fingerprint density at radius 3 is 1.86 bits per heavy atom. The standard InChI is InChI=1S/C18H23N3O6S2/c1-12-9-14(3)18(15(4)10-12)29(26,27)20-8-7-19-28(24,25)16-6-5-13(2)17(11-16)21(22)23/h5-6,9-11,19-20H,7-8H2,1-4H3. The number of nitro groups is 1. The van der Waals surface area contributed by atoms with Crippen LogP contribution in [0.3, 0.4) is 0 Å². The van der Waals surface area contributed by atoms with Gasteiger partial charge in [0.15, 0.2) is 0 Å². The molecule has 9 nitrogen and oxygen atoms in total. The predicted molar refractivity (Wildman–Crippen MR) is 109 cm³/mol. The van der Waals surface area contributed by atoms with Gasteiger partial charge in [0, 0.05) is 24.7 Å². The summed E-state index contributed by atoms with van der Waals surface area (Å²) < 4.78 is 54.5. The number of benzene rings is 2. The molecule has 0 fully saturated rings. The number of aryl methyl sites for hydroxylation is 4. The molecular weight excluding hydrogens is 418 g/mol. The van der Waals surface area contributed by atoms with E-state index >= 15 is 0 Å². The van der Waals surface area contributed by atoms with Crippen molar-refractivity contribution in [2.45, 2.75) is 37.5 Å². The Balaban J connectivity index is 2.08. The first-order valence-corrected chi connectivity index (χ1v) is 11.6. The fourth-order valence-electron chi connectivity index (χ4n) is 3.07. The summed E-state index contributed by atoms with van der Waals surface area (Å²) in [4.78, 5) is 10.2. The maximum atomic E-state index is 12.6. The van der Waals surface area contributed by atoms with Gasteiger partial charge in [-0.05, 0) is 44.9 Å². The Kier molecular flexibility index (Phi) is 6.78. The lowest BCUT2D eigenvalue weighted by atomic mass is 10.1. The lowest BCUT2D eigenvalue weighted by Crippen LogP contribution is -2.35. The molecule has 2 rings (SSSR count). The number of hydrogen-bond donors (Lipinski definition) is 2. The molecule has 2 aromatic carbocycles. The van der Waals surface area contributed by atoms with Crippen molar-refractivity contribution in [3.63, 3.8) is 0 Å². The first-order valence-electron chi connectivity index (χ1n) is 8.67. The molecule has 0 aliphatic carbocycles. The van der Waals surface area contributed by atoms with Gasteiger partial charge in [-0.1, -0.05) is 23.8 Å². The lowest BCUT2D eigenvalue weighted by Gasteiger charge is -2.13. The monoisotopic (exact) mass is 441 g/mol. The van der Waals surface area contributed by atoms with Gasteiger partial charge >= 0.3 is 0 Å². The zero-order valence-corrected chi connectivity index (χ0v) is 18.1. The second-order valence-electron chi connectivity index (χ2n) is 6.73. The Hall–Kier alpha value is -2.34. The van der Waals surface area contributed by atoms with Gasteiger partial charge in [-0.25, -0.2) is 26.3 Å². The molecule has 11 heteroatoms. The van der Waals surface area contributed by atoms with Crippen LogP contribution in [-0.2, 0) is 20.0 Å². The number of rotatable bonds is 8. The van der Waals surface area contributed by atoms with Crippen LogP contribution in [0.2, 0.25) is 0 Å². The van der Waals surface area contributed by atoms with Gasteiger partial charge in [-0.2, -0.15) is 0 Å². The summed E-state index contributed by atoms with van der Waals surface area (Å²) in [6.45, 7) is 6.37. The molecule has 158 valence electrons. The summed E-state index contributed by atoms with van der Waals surface area (Å²) in [5, 5.41) is 11.0. The minimum atomic E-state index is -4.03.